The van der Waals surface area contributed by atoms with Gasteiger partial charge >= 0.3 is 0 Å². The first kappa shape index (κ1) is 20.1. The van der Waals surface area contributed by atoms with E-state index in [-0.39, 0.29) is 23.8 Å². The number of anilines is 1. The SMILES string of the molecule is COC[C@@](C)(O)CNS(=O)(=O)c1ccc(N2CCCCS2(=O)=O)cc1. The van der Waals surface area contributed by atoms with Crippen LogP contribution >= 0.6 is 0 Å². The third-order valence-corrected chi connectivity index (χ3v) is 7.17. The minimum atomic E-state index is -3.82. The molecule has 0 aromatic heterocycles. The van der Waals surface area contributed by atoms with Crippen LogP contribution in [0.3, 0.4) is 0 Å². The molecule has 0 radical (unpaired) electrons. The Morgan fingerprint density at radius 1 is 1.28 bits per heavy atom. The summed E-state index contributed by atoms with van der Waals surface area (Å²) in [5, 5.41) is 9.97. The Balaban J connectivity index is 2.13. The number of hydrogen-bond acceptors (Lipinski definition) is 6. The van der Waals surface area contributed by atoms with Gasteiger partial charge < -0.3 is 9.84 Å². The monoisotopic (exact) mass is 392 g/mol. The molecule has 2 rings (SSSR count). The van der Waals surface area contributed by atoms with Crippen LogP contribution in [0.4, 0.5) is 5.69 Å². The van der Waals surface area contributed by atoms with E-state index in [2.05, 4.69) is 4.72 Å². The van der Waals surface area contributed by atoms with Gasteiger partial charge in [-0.15, -0.1) is 0 Å². The number of ether oxygens (including phenoxy) is 1. The van der Waals surface area contributed by atoms with Crippen molar-refractivity contribution >= 4 is 25.7 Å². The van der Waals surface area contributed by atoms with Crippen LogP contribution in [-0.4, -0.2) is 60.1 Å². The van der Waals surface area contributed by atoms with Crippen LogP contribution in [0.15, 0.2) is 29.2 Å². The standard InChI is InChI=1S/C15H24N2O6S2/c1-15(18,12-23-2)11-16-25(21,22)14-7-5-13(6-8-14)17-9-3-4-10-24(17,19)20/h5-8,16,18H,3-4,9-12H2,1-2H3/t15-/m0/s1. The molecular weight excluding hydrogens is 368 g/mol. The average molecular weight is 392 g/mol. The third kappa shape index (κ3) is 5.14. The topological polar surface area (TPSA) is 113 Å². The number of aliphatic hydroxyl groups is 1. The number of nitrogens with one attached hydrogen (secondary N) is 1. The molecule has 1 fully saturated rings. The highest BCUT2D eigenvalue weighted by molar-refractivity contribution is 7.92. The van der Waals surface area contributed by atoms with Crippen molar-refractivity contribution in [2.45, 2.75) is 30.3 Å². The summed E-state index contributed by atoms with van der Waals surface area (Å²) in [4.78, 5) is -0.00104. The van der Waals surface area contributed by atoms with Crippen molar-refractivity contribution in [1.29, 1.82) is 0 Å². The Labute approximate surface area is 148 Å². The summed E-state index contributed by atoms with van der Waals surface area (Å²) in [7, 11) is -5.75. The minimum absolute atomic E-state index is 0.00104. The molecule has 25 heavy (non-hydrogen) atoms. The highest BCUT2D eigenvalue weighted by Crippen LogP contribution is 2.24. The summed E-state index contributed by atoms with van der Waals surface area (Å²) in [5.41, 5.74) is -0.881. The number of nitrogens with zero attached hydrogens (tertiary/aromatic N) is 1. The molecule has 1 atom stereocenters. The molecule has 142 valence electrons. The summed E-state index contributed by atoms with van der Waals surface area (Å²) in [6, 6.07) is 5.66. The third-order valence-electron chi connectivity index (χ3n) is 3.88. The van der Waals surface area contributed by atoms with E-state index in [1.54, 1.807) is 0 Å². The van der Waals surface area contributed by atoms with E-state index in [1.165, 1.54) is 42.6 Å². The van der Waals surface area contributed by atoms with Gasteiger partial charge in [-0.1, -0.05) is 0 Å². The maximum absolute atomic E-state index is 12.3. The maximum Gasteiger partial charge on any atom is 0.240 e. The zero-order valence-corrected chi connectivity index (χ0v) is 15.9. The summed E-state index contributed by atoms with van der Waals surface area (Å²) < 4.78 is 57.3. The molecule has 0 amide bonds. The van der Waals surface area contributed by atoms with Crippen LogP contribution in [0.25, 0.3) is 0 Å². The van der Waals surface area contributed by atoms with E-state index in [1.807, 2.05) is 0 Å². The summed E-state index contributed by atoms with van der Waals surface area (Å²) in [6.45, 7) is 1.64. The average Bonchev–Trinajstić information content (AvgIpc) is 2.53. The van der Waals surface area contributed by atoms with Crippen LogP contribution in [0, 0.1) is 0 Å². The molecule has 1 aromatic rings. The van der Waals surface area contributed by atoms with Crippen molar-refractivity contribution < 1.29 is 26.7 Å². The molecule has 0 spiro atoms. The van der Waals surface area contributed by atoms with Gasteiger partial charge in [0, 0.05) is 20.2 Å². The zero-order chi connectivity index (χ0) is 18.7. The van der Waals surface area contributed by atoms with E-state index >= 15 is 0 Å². The molecule has 1 aliphatic heterocycles. The van der Waals surface area contributed by atoms with Gasteiger partial charge in [0.15, 0.2) is 0 Å². The fraction of sp³-hybridized carbons (Fsp3) is 0.600. The van der Waals surface area contributed by atoms with Crippen LogP contribution in [0.1, 0.15) is 19.8 Å². The molecule has 1 saturated heterocycles. The lowest BCUT2D eigenvalue weighted by Gasteiger charge is -2.28. The second-order valence-corrected chi connectivity index (χ2v) is 10.1. The van der Waals surface area contributed by atoms with Gasteiger partial charge in [0.1, 0.15) is 0 Å². The minimum Gasteiger partial charge on any atom is -0.386 e. The van der Waals surface area contributed by atoms with Crippen molar-refractivity contribution in [3.05, 3.63) is 24.3 Å². The number of sulfonamides is 2. The Bertz CT molecular complexity index is 788. The molecule has 1 aliphatic rings. The Morgan fingerprint density at radius 3 is 2.48 bits per heavy atom. The maximum atomic E-state index is 12.3. The van der Waals surface area contributed by atoms with E-state index < -0.39 is 25.6 Å². The molecule has 2 N–H and O–H groups in total. The predicted octanol–water partition coefficient (Wildman–Crippen LogP) is 0.292. The molecule has 0 unspecified atom stereocenters. The van der Waals surface area contributed by atoms with Crippen molar-refractivity contribution in [1.82, 2.24) is 4.72 Å². The smallest absolute Gasteiger partial charge is 0.240 e. The normalized spacial score (nSPS) is 20.2. The fourth-order valence-electron chi connectivity index (χ4n) is 2.57. The highest BCUT2D eigenvalue weighted by atomic mass is 32.2. The van der Waals surface area contributed by atoms with Crippen LogP contribution in [0.5, 0.6) is 0 Å². The van der Waals surface area contributed by atoms with Crippen molar-refractivity contribution in [2.75, 3.05) is 36.9 Å². The first-order chi connectivity index (χ1) is 11.6. The van der Waals surface area contributed by atoms with Crippen molar-refractivity contribution in [2.24, 2.45) is 0 Å². The van der Waals surface area contributed by atoms with E-state index in [0.717, 1.165) is 6.42 Å². The largest absolute Gasteiger partial charge is 0.386 e. The number of hydrogen-bond donors (Lipinski definition) is 2. The quantitative estimate of drug-likeness (QED) is 0.690. The molecule has 0 aliphatic carbocycles. The number of methoxy groups -OCH3 is 1. The fourth-order valence-corrected chi connectivity index (χ4v) is 5.37. The molecule has 10 heteroatoms. The Hall–Kier alpha value is -1.20. The summed E-state index contributed by atoms with van der Waals surface area (Å²) in [6.07, 6.45) is 1.41. The van der Waals surface area contributed by atoms with E-state index in [9.17, 15) is 21.9 Å². The van der Waals surface area contributed by atoms with Crippen LogP contribution in [0.2, 0.25) is 0 Å². The van der Waals surface area contributed by atoms with Crippen LogP contribution in [-0.2, 0) is 24.8 Å². The van der Waals surface area contributed by atoms with Gasteiger partial charge in [-0.25, -0.2) is 21.6 Å². The lowest BCUT2D eigenvalue weighted by atomic mass is 10.1. The summed E-state index contributed by atoms with van der Waals surface area (Å²) >= 11 is 0. The first-order valence-corrected chi connectivity index (χ1v) is 11.0. The first-order valence-electron chi connectivity index (χ1n) is 7.89. The second-order valence-electron chi connectivity index (χ2n) is 6.34. The van der Waals surface area contributed by atoms with E-state index in [0.29, 0.717) is 18.7 Å². The second kappa shape index (κ2) is 7.58. The van der Waals surface area contributed by atoms with Gasteiger partial charge in [-0.3, -0.25) is 4.31 Å². The lowest BCUT2D eigenvalue weighted by molar-refractivity contribution is -0.0119. The summed E-state index contributed by atoms with van der Waals surface area (Å²) in [5.74, 6) is 0.100. The molecule has 1 aromatic carbocycles. The van der Waals surface area contributed by atoms with Gasteiger partial charge in [0.25, 0.3) is 0 Å². The van der Waals surface area contributed by atoms with Gasteiger partial charge in [-0.2, -0.15) is 0 Å². The predicted molar refractivity (Wildman–Crippen MR) is 94.5 cm³/mol. The van der Waals surface area contributed by atoms with Crippen LogP contribution < -0.4 is 9.03 Å². The number of rotatable bonds is 7. The molecule has 8 nitrogen and oxygen atoms in total. The van der Waals surface area contributed by atoms with Crippen molar-refractivity contribution in [3.63, 3.8) is 0 Å². The Morgan fingerprint density at radius 2 is 1.92 bits per heavy atom. The van der Waals surface area contributed by atoms with Gasteiger partial charge in [-0.05, 0) is 44.0 Å². The van der Waals surface area contributed by atoms with E-state index in [4.69, 9.17) is 4.74 Å². The number of benzene rings is 1. The highest BCUT2D eigenvalue weighted by Gasteiger charge is 2.27. The molecule has 0 saturated carbocycles. The van der Waals surface area contributed by atoms with Crippen molar-refractivity contribution in [3.8, 4) is 0 Å². The molecule has 0 bridgehead atoms. The zero-order valence-electron chi connectivity index (χ0n) is 14.3. The lowest BCUT2D eigenvalue weighted by Crippen LogP contribution is -2.43. The van der Waals surface area contributed by atoms with Gasteiger partial charge in [0.05, 0.1) is 28.5 Å². The van der Waals surface area contributed by atoms with Gasteiger partial charge in [0.2, 0.25) is 20.0 Å². The Kier molecular flexibility index (Phi) is 6.10. The molecule has 1 heterocycles. The molecular formula is C15H24N2O6S2.